The summed E-state index contributed by atoms with van der Waals surface area (Å²) in [6.07, 6.45) is 2.89. The predicted octanol–water partition coefficient (Wildman–Crippen LogP) is 2.99. The maximum absolute atomic E-state index is 4.24. The second kappa shape index (κ2) is 5.73. The highest BCUT2D eigenvalue weighted by atomic mass is 32.1. The molecule has 0 fully saturated rings. The van der Waals surface area contributed by atoms with Crippen LogP contribution >= 0.6 is 11.3 Å². The molecule has 0 bridgehead atoms. The maximum atomic E-state index is 4.24. The van der Waals surface area contributed by atoms with Crippen LogP contribution in [0.2, 0.25) is 0 Å². The summed E-state index contributed by atoms with van der Waals surface area (Å²) in [7, 11) is 0. The van der Waals surface area contributed by atoms with Crippen molar-refractivity contribution in [3.05, 3.63) is 52.1 Å². The van der Waals surface area contributed by atoms with Crippen molar-refractivity contribution in [1.29, 1.82) is 0 Å². The summed E-state index contributed by atoms with van der Waals surface area (Å²) in [5.41, 5.74) is 0.907. The Morgan fingerprint density at radius 2 is 2.15 bits per heavy atom. The molecule has 0 amide bonds. The number of nitrogens with one attached hydrogen (secondary N) is 1. The van der Waals surface area contributed by atoms with Gasteiger partial charge in [-0.2, -0.15) is 0 Å². The Kier molecular flexibility index (Phi) is 3.80. The van der Waals surface area contributed by atoms with Crippen LogP contribution in [0.15, 0.2) is 36.5 Å². The zero-order chi connectivity index (χ0) is 13.9. The van der Waals surface area contributed by atoms with E-state index in [1.807, 2.05) is 40.1 Å². The van der Waals surface area contributed by atoms with Crippen LogP contribution in [0.1, 0.15) is 28.5 Å². The van der Waals surface area contributed by atoms with Crippen LogP contribution in [0.25, 0.3) is 5.65 Å². The Balaban J connectivity index is 1.60. The molecular formula is C15H18N4S. The molecule has 3 aromatic heterocycles. The van der Waals surface area contributed by atoms with Crippen LogP contribution in [0.4, 0.5) is 0 Å². The zero-order valence-corrected chi connectivity index (χ0v) is 12.5. The molecule has 3 aromatic rings. The summed E-state index contributed by atoms with van der Waals surface area (Å²) in [6, 6.07) is 10.7. The lowest BCUT2D eigenvalue weighted by Crippen LogP contribution is -2.21. The minimum atomic E-state index is 0.382. The van der Waals surface area contributed by atoms with Crippen LogP contribution in [-0.2, 0) is 6.42 Å². The number of aromatic nitrogens is 3. The van der Waals surface area contributed by atoms with E-state index in [9.17, 15) is 0 Å². The Hall–Kier alpha value is -1.72. The average molecular weight is 286 g/mol. The van der Waals surface area contributed by atoms with Gasteiger partial charge in [-0.3, -0.25) is 4.40 Å². The fourth-order valence-corrected chi connectivity index (χ4v) is 3.15. The van der Waals surface area contributed by atoms with Crippen LogP contribution in [0.3, 0.4) is 0 Å². The normalized spacial score (nSPS) is 12.9. The average Bonchev–Trinajstić information content (AvgIpc) is 3.06. The number of pyridine rings is 1. The summed E-state index contributed by atoms with van der Waals surface area (Å²) in [5, 5.41) is 12.0. The van der Waals surface area contributed by atoms with Gasteiger partial charge in [-0.15, -0.1) is 21.5 Å². The molecule has 1 atom stereocenters. The molecule has 20 heavy (non-hydrogen) atoms. The van der Waals surface area contributed by atoms with E-state index in [4.69, 9.17) is 0 Å². The van der Waals surface area contributed by atoms with E-state index in [0.717, 1.165) is 24.4 Å². The van der Waals surface area contributed by atoms with Crippen LogP contribution in [-0.4, -0.2) is 21.1 Å². The molecule has 0 aromatic carbocycles. The van der Waals surface area contributed by atoms with E-state index in [0.29, 0.717) is 6.04 Å². The Morgan fingerprint density at radius 1 is 1.25 bits per heavy atom. The van der Waals surface area contributed by atoms with Crippen molar-refractivity contribution >= 4 is 17.0 Å². The van der Waals surface area contributed by atoms with E-state index >= 15 is 0 Å². The van der Waals surface area contributed by atoms with Gasteiger partial charge in [0.25, 0.3) is 0 Å². The van der Waals surface area contributed by atoms with E-state index in [2.05, 4.69) is 41.5 Å². The number of thiophene rings is 1. The van der Waals surface area contributed by atoms with Gasteiger partial charge in [0.1, 0.15) is 5.82 Å². The lowest BCUT2D eigenvalue weighted by Gasteiger charge is -2.11. The van der Waals surface area contributed by atoms with Crippen LogP contribution < -0.4 is 5.32 Å². The fraction of sp³-hybridized carbons (Fsp3) is 0.333. The minimum absolute atomic E-state index is 0.382. The molecule has 0 aliphatic rings. The molecule has 104 valence electrons. The topological polar surface area (TPSA) is 42.2 Å². The summed E-state index contributed by atoms with van der Waals surface area (Å²) in [6.45, 7) is 5.24. The summed E-state index contributed by atoms with van der Waals surface area (Å²) >= 11 is 1.85. The van der Waals surface area contributed by atoms with Gasteiger partial charge in [0.15, 0.2) is 5.65 Å². The maximum Gasteiger partial charge on any atom is 0.160 e. The fourth-order valence-electron chi connectivity index (χ4n) is 2.25. The van der Waals surface area contributed by atoms with Gasteiger partial charge in [0.2, 0.25) is 0 Å². The van der Waals surface area contributed by atoms with Crippen LogP contribution in [0, 0.1) is 6.92 Å². The third-order valence-electron chi connectivity index (χ3n) is 3.37. The summed E-state index contributed by atoms with van der Waals surface area (Å²) in [5.74, 6) is 1.00. The molecule has 3 heterocycles. The Labute approximate surface area is 122 Å². The standard InChI is InChI=1S/C15H18N4S/c1-11-6-7-13(20-11)12(2)16-9-8-15-18-17-14-5-3-4-10-19(14)15/h3-7,10,12,16H,8-9H2,1-2H3. The van der Waals surface area contributed by atoms with Gasteiger partial charge in [-0.05, 0) is 38.1 Å². The number of rotatable bonds is 5. The molecule has 0 aliphatic carbocycles. The number of hydrogen-bond acceptors (Lipinski definition) is 4. The SMILES string of the molecule is Cc1ccc(C(C)NCCc2nnc3ccccn23)s1. The lowest BCUT2D eigenvalue weighted by atomic mass is 10.2. The number of hydrogen-bond donors (Lipinski definition) is 1. The van der Waals surface area contributed by atoms with Crippen molar-refractivity contribution in [1.82, 2.24) is 19.9 Å². The first-order valence-electron chi connectivity index (χ1n) is 6.82. The van der Waals surface area contributed by atoms with E-state index in [1.54, 1.807) is 0 Å². The monoisotopic (exact) mass is 286 g/mol. The number of aryl methyl sites for hydroxylation is 1. The van der Waals surface area contributed by atoms with Crippen molar-refractivity contribution in [2.75, 3.05) is 6.54 Å². The highest BCUT2D eigenvalue weighted by molar-refractivity contribution is 7.12. The Bertz CT molecular complexity index is 701. The predicted molar refractivity (Wildman–Crippen MR) is 82.2 cm³/mol. The largest absolute Gasteiger partial charge is 0.309 e. The van der Waals surface area contributed by atoms with Gasteiger partial charge < -0.3 is 5.32 Å². The van der Waals surface area contributed by atoms with Crippen molar-refractivity contribution in [2.45, 2.75) is 26.3 Å². The quantitative estimate of drug-likeness (QED) is 0.784. The molecule has 0 spiro atoms. The van der Waals surface area contributed by atoms with Gasteiger partial charge in [-0.25, -0.2) is 0 Å². The first kappa shape index (κ1) is 13.3. The van der Waals surface area contributed by atoms with E-state index in [-0.39, 0.29) is 0 Å². The zero-order valence-electron chi connectivity index (χ0n) is 11.7. The van der Waals surface area contributed by atoms with Crippen molar-refractivity contribution < 1.29 is 0 Å². The number of nitrogens with zero attached hydrogens (tertiary/aromatic N) is 3. The van der Waals surface area contributed by atoms with E-state index < -0.39 is 0 Å². The smallest absolute Gasteiger partial charge is 0.160 e. The molecule has 0 aliphatic heterocycles. The van der Waals surface area contributed by atoms with Crippen molar-refractivity contribution in [3.63, 3.8) is 0 Å². The second-order valence-electron chi connectivity index (χ2n) is 4.92. The molecule has 0 radical (unpaired) electrons. The lowest BCUT2D eigenvalue weighted by molar-refractivity contribution is 0.576. The minimum Gasteiger partial charge on any atom is -0.309 e. The molecule has 1 unspecified atom stereocenters. The molecule has 1 N–H and O–H groups in total. The first-order valence-corrected chi connectivity index (χ1v) is 7.64. The molecule has 0 saturated carbocycles. The molecule has 5 heteroatoms. The molecule has 4 nitrogen and oxygen atoms in total. The number of fused-ring (bicyclic) bond motifs is 1. The first-order chi connectivity index (χ1) is 9.74. The van der Waals surface area contributed by atoms with Gasteiger partial charge >= 0.3 is 0 Å². The van der Waals surface area contributed by atoms with Gasteiger partial charge in [0, 0.05) is 35.0 Å². The Morgan fingerprint density at radius 3 is 2.95 bits per heavy atom. The highest BCUT2D eigenvalue weighted by Gasteiger charge is 2.08. The second-order valence-corrected chi connectivity index (χ2v) is 6.24. The van der Waals surface area contributed by atoms with Gasteiger partial charge in [0.05, 0.1) is 0 Å². The summed E-state index contributed by atoms with van der Waals surface area (Å²) in [4.78, 5) is 2.74. The molecule has 0 saturated heterocycles. The van der Waals surface area contributed by atoms with Gasteiger partial charge in [-0.1, -0.05) is 6.07 Å². The third-order valence-corrected chi connectivity index (χ3v) is 4.55. The molecular weight excluding hydrogens is 268 g/mol. The summed E-state index contributed by atoms with van der Waals surface area (Å²) < 4.78 is 2.04. The van der Waals surface area contributed by atoms with E-state index in [1.165, 1.54) is 9.75 Å². The third kappa shape index (κ3) is 2.73. The highest BCUT2D eigenvalue weighted by Crippen LogP contribution is 2.22. The van der Waals surface area contributed by atoms with Crippen LogP contribution in [0.5, 0.6) is 0 Å². The van der Waals surface area contributed by atoms with Crippen molar-refractivity contribution in [3.8, 4) is 0 Å². The molecule has 3 rings (SSSR count). The van der Waals surface area contributed by atoms with Crippen molar-refractivity contribution in [2.24, 2.45) is 0 Å².